The number of anilines is 2. The largest absolute Gasteiger partial charge is 0.482 e. The highest BCUT2D eigenvalue weighted by molar-refractivity contribution is 6.02. The lowest BCUT2D eigenvalue weighted by Gasteiger charge is -2.28. The van der Waals surface area contributed by atoms with Crippen LogP contribution in [0.4, 0.5) is 11.4 Å². The van der Waals surface area contributed by atoms with Gasteiger partial charge in [0.15, 0.2) is 12.7 Å². The number of nitrogens with zero attached hydrogens (tertiary/aromatic N) is 1. The quantitative estimate of drug-likeness (QED) is 0.625. The van der Waals surface area contributed by atoms with Crippen molar-refractivity contribution < 1.29 is 28.7 Å². The first kappa shape index (κ1) is 19.2. The van der Waals surface area contributed by atoms with E-state index in [1.54, 1.807) is 48.5 Å². The van der Waals surface area contributed by atoms with Crippen LogP contribution in [0.5, 0.6) is 11.5 Å². The Kier molecular flexibility index (Phi) is 5.21. The van der Waals surface area contributed by atoms with Crippen LogP contribution in [0.2, 0.25) is 0 Å². The predicted octanol–water partition coefficient (Wildman–Crippen LogP) is 0.349. The molecule has 10 nitrogen and oxygen atoms in total. The summed E-state index contributed by atoms with van der Waals surface area (Å²) in [4.78, 5) is 49.8. The number of nitrogens with one attached hydrogen (secondary N) is 3. The van der Waals surface area contributed by atoms with Crippen molar-refractivity contribution in [1.82, 2.24) is 10.9 Å². The zero-order chi connectivity index (χ0) is 21.1. The van der Waals surface area contributed by atoms with E-state index in [1.165, 1.54) is 4.90 Å². The van der Waals surface area contributed by atoms with E-state index >= 15 is 0 Å². The van der Waals surface area contributed by atoms with E-state index < -0.39 is 23.8 Å². The molecule has 4 rings (SSSR count). The zero-order valence-corrected chi connectivity index (χ0v) is 15.7. The lowest BCUT2D eigenvalue weighted by atomic mass is 10.1. The van der Waals surface area contributed by atoms with Crippen LogP contribution in [0.15, 0.2) is 48.5 Å². The maximum atomic E-state index is 12.2. The molecule has 154 valence electrons. The molecule has 0 fully saturated rings. The summed E-state index contributed by atoms with van der Waals surface area (Å²) in [6, 6.07) is 13.7. The predicted molar refractivity (Wildman–Crippen MR) is 105 cm³/mol. The first-order valence-electron chi connectivity index (χ1n) is 9.17. The second kappa shape index (κ2) is 8.11. The smallest absolute Gasteiger partial charge is 0.266 e. The molecule has 2 heterocycles. The van der Waals surface area contributed by atoms with Gasteiger partial charge < -0.3 is 14.8 Å². The number of benzene rings is 2. The second-order valence-corrected chi connectivity index (χ2v) is 6.63. The Labute approximate surface area is 171 Å². The number of carbonyl (C=O) groups excluding carboxylic acids is 4. The molecule has 2 aromatic rings. The van der Waals surface area contributed by atoms with Gasteiger partial charge in [-0.15, -0.1) is 0 Å². The molecule has 2 aliphatic heterocycles. The monoisotopic (exact) mass is 410 g/mol. The number of hydrogen-bond donors (Lipinski definition) is 3. The Hall–Kier alpha value is -4.08. The summed E-state index contributed by atoms with van der Waals surface area (Å²) in [5.41, 5.74) is 5.48. The molecule has 0 aliphatic carbocycles. The van der Waals surface area contributed by atoms with Crippen molar-refractivity contribution in [3.63, 3.8) is 0 Å². The number of para-hydroxylation sites is 4. The number of carbonyl (C=O) groups is 4. The van der Waals surface area contributed by atoms with Crippen LogP contribution < -0.4 is 30.5 Å². The Morgan fingerprint density at radius 2 is 1.70 bits per heavy atom. The molecule has 0 aromatic heterocycles. The summed E-state index contributed by atoms with van der Waals surface area (Å²) in [7, 11) is 0. The molecule has 3 N–H and O–H groups in total. The van der Waals surface area contributed by atoms with Gasteiger partial charge >= 0.3 is 0 Å². The number of rotatable bonds is 4. The number of hydrogen-bond acceptors (Lipinski definition) is 6. The van der Waals surface area contributed by atoms with E-state index in [0.717, 1.165) is 0 Å². The van der Waals surface area contributed by atoms with Gasteiger partial charge in [0.05, 0.1) is 17.8 Å². The lowest BCUT2D eigenvalue weighted by molar-refractivity contribution is -0.133. The molecule has 2 aliphatic rings. The summed E-state index contributed by atoms with van der Waals surface area (Å²) < 4.78 is 10.9. The van der Waals surface area contributed by atoms with Crippen molar-refractivity contribution in [2.75, 3.05) is 23.4 Å². The van der Waals surface area contributed by atoms with E-state index in [9.17, 15) is 19.2 Å². The van der Waals surface area contributed by atoms with Gasteiger partial charge in [0.2, 0.25) is 5.91 Å². The van der Waals surface area contributed by atoms with Crippen molar-refractivity contribution in [2.24, 2.45) is 0 Å². The van der Waals surface area contributed by atoms with E-state index in [0.29, 0.717) is 22.9 Å². The standard InChI is InChI=1S/C20H18N4O6/c25-17(9-16-20(28)21-12-5-1-3-7-14(12)30-16)22-23-18(26)10-24-13-6-2-4-8-15(13)29-11-19(24)27/h1-8,16H,9-11H2,(H,21,28)(H,22,25)(H,23,26)/t16-/m1/s1. The average Bonchev–Trinajstić information content (AvgIpc) is 2.75. The average molecular weight is 410 g/mol. The zero-order valence-electron chi connectivity index (χ0n) is 15.7. The second-order valence-electron chi connectivity index (χ2n) is 6.63. The highest BCUT2D eigenvalue weighted by Crippen LogP contribution is 2.31. The highest BCUT2D eigenvalue weighted by atomic mass is 16.5. The maximum Gasteiger partial charge on any atom is 0.266 e. The third kappa shape index (κ3) is 4.02. The SMILES string of the molecule is O=C(C[C@H]1Oc2ccccc2NC1=O)NNC(=O)CN1C(=O)COc2ccccc21. The molecule has 4 amide bonds. The summed E-state index contributed by atoms with van der Waals surface area (Å²) in [5, 5.41) is 2.66. The molecular weight excluding hydrogens is 392 g/mol. The van der Waals surface area contributed by atoms with Gasteiger partial charge in [0.1, 0.15) is 18.0 Å². The van der Waals surface area contributed by atoms with Crippen LogP contribution in [0.1, 0.15) is 6.42 Å². The van der Waals surface area contributed by atoms with Crippen molar-refractivity contribution in [3.05, 3.63) is 48.5 Å². The van der Waals surface area contributed by atoms with Crippen molar-refractivity contribution >= 4 is 35.0 Å². The van der Waals surface area contributed by atoms with Crippen LogP contribution in [-0.4, -0.2) is 42.9 Å². The summed E-state index contributed by atoms with van der Waals surface area (Å²) >= 11 is 0. The lowest BCUT2D eigenvalue weighted by Crippen LogP contribution is -2.51. The first-order chi connectivity index (χ1) is 14.5. The third-order valence-electron chi connectivity index (χ3n) is 4.53. The molecule has 0 spiro atoms. The van der Waals surface area contributed by atoms with Crippen LogP contribution in [-0.2, 0) is 19.2 Å². The van der Waals surface area contributed by atoms with Crippen molar-refractivity contribution in [3.8, 4) is 11.5 Å². The third-order valence-corrected chi connectivity index (χ3v) is 4.53. The van der Waals surface area contributed by atoms with E-state index in [4.69, 9.17) is 9.47 Å². The Bertz CT molecular complexity index is 1020. The highest BCUT2D eigenvalue weighted by Gasteiger charge is 2.30. The minimum Gasteiger partial charge on any atom is -0.482 e. The minimum absolute atomic E-state index is 0.174. The maximum absolute atomic E-state index is 12.2. The fourth-order valence-corrected chi connectivity index (χ4v) is 3.10. The van der Waals surface area contributed by atoms with E-state index in [-0.39, 0.29) is 25.5 Å². The number of amides is 4. The summed E-state index contributed by atoms with van der Waals surface area (Å²) in [6.07, 6.45) is -1.32. The van der Waals surface area contributed by atoms with Gasteiger partial charge in [-0.05, 0) is 24.3 Å². The molecule has 30 heavy (non-hydrogen) atoms. The number of hydrazine groups is 1. The Morgan fingerprint density at radius 3 is 2.53 bits per heavy atom. The molecule has 2 aromatic carbocycles. The Balaban J connectivity index is 1.30. The Morgan fingerprint density at radius 1 is 1.00 bits per heavy atom. The van der Waals surface area contributed by atoms with Gasteiger partial charge in [-0.3, -0.25) is 34.9 Å². The number of fused-ring (bicyclic) bond motifs is 2. The van der Waals surface area contributed by atoms with Crippen molar-refractivity contribution in [1.29, 1.82) is 0 Å². The van der Waals surface area contributed by atoms with E-state index in [2.05, 4.69) is 16.2 Å². The van der Waals surface area contributed by atoms with Gasteiger partial charge in [0, 0.05) is 0 Å². The normalized spacial score (nSPS) is 16.9. The van der Waals surface area contributed by atoms with Crippen molar-refractivity contribution in [2.45, 2.75) is 12.5 Å². The fourth-order valence-electron chi connectivity index (χ4n) is 3.10. The molecule has 10 heteroatoms. The molecule has 0 bridgehead atoms. The molecular formula is C20H18N4O6. The number of ether oxygens (including phenoxy) is 2. The first-order valence-corrected chi connectivity index (χ1v) is 9.17. The topological polar surface area (TPSA) is 126 Å². The van der Waals surface area contributed by atoms with Crippen LogP contribution >= 0.6 is 0 Å². The van der Waals surface area contributed by atoms with Gasteiger partial charge in [-0.2, -0.15) is 0 Å². The van der Waals surface area contributed by atoms with Gasteiger partial charge in [-0.1, -0.05) is 24.3 Å². The molecule has 0 saturated heterocycles. The van der Waals surface area contributed by atoms with E-state index in [1.807, 2.05) is 0 Å². The summed E-state index contributed by atoms with van der Waals surface area (Å²) in [5.74, 6) is -1.09. The van der Waals surface area contributed by atoms with Crippen LogP contribution in [0.3, 0.4) is 0 Å². The van der Waals surface area contributed by atoms with Gasteiger partial charge in [0.25, 0.3) is 17.7 Å². The van der Waals surface area contributed by atoms with Crippen LogP contribution in [0, 0.1) is 0 Å². The van der Waals surface area contributed by atoms with Gasteiger partial charge in [-0.25, -0.2) is 0 Å². The molecule has 0 unspecified atom stereocenters. The minimum atomic E-state index is -1.02. The molecule has 0 saturated carbocycles. The fraction of sp³-hybridized carbons (Fsp3) is 0.200. The molecule has 1 atom stereocenters. The summed E-state index contributed by atoms with van der Waals surface area (Å²) in [6.45, 7) is -0.473. The molecule has 0 radical (unpaired) electrons. The van der Waals surface area contributed by atoms with Crippen LogP contribution in [0.25, 0.3) is 0 Å².